The zero-order valence-electron chi connectivity index (χ0n) is 14.0. The summed E-state index contributed by atoms with van der Waals surface area (Å²) in [4.78, 5) is 6.24. The molecular weight excluding hydrogens is 376 g/mol. The Morgan fingerprint density at radius 3 is 2.40 bits per heavy atom. The summed E-state index contributed by atoms with van der Waals surface area (Å²) in [6.07, 6.45) is 1.73. The van der Waals surface area contributed by atoms with E-state index in [1.54, 1.807) is 6.20 Å². The highest BCUT2D eigenvalue weighted by molar-refractivity contribution is 9.10. The Labute approximate surface area is 155 Å². The van der Waals surface area contributed by atoms with Gasteiger partial charge in [0.25, 0.3) is 0 Å². The normalized spacial score (nSPS) is 10.3. The van der Waals surface area contributed by atoms with E-state index in [1.165, 1.54) is 0 Å². The van der Waals surface area contributed by atoms with E-state index in [2.05, 4.69) is 27.0 Å². The van der Waals surface area contributed by atoms with E-state index >= 15 is 0 Å². The molecule has 0 amide bonds. The van der Waals surface area contributed by atoms with Crippen LogP contribution in [-0.4, -0.2) is 19.1 Å². The van der Waals surface area contributed by atoms with Gasteiger partial charge in [0.05, 0.1) is 5.69 Å². The van der Waals surface area contributed by atoms with Crippen molar-refractivity contribution >= 4 is 27.4 Å². The maximum Gasteiger partial charge on any atom is 0.141 e. The van der Waals surface area contributed by atoms with E-state index in [1.807, 2.05) is 67.5 Å². The molecule has 1 aromatic heterocycles. The second kappa shape index (κ2) is 6.96. The van der Waals surface area contributed by atoms with E-state index in [-0.39, 0.29) is 5.82 Å². The highest BCUT2D eigenvalue weighted by Crippen LogP contribution is 2.39. The minimum Gasteiger partial charge on any atom is -0.383 e. The van der Waals surface area contributed by atoms with Gasteiger partial charge >= 0.3 is 0 Å². The summed E-state index contributed by atoms with van der Waals surface area (Å²) in [5, 5.41) is 9.65. The summed E-state index contributed by atoms with van der Waals surface area (Å²) >= 11 is 3.62. The lowest BCUT2D eigenvalue weighted by molar-refractivity contribution is 1.12. The van der Waals surface area contributed by atoms with Crippen LogP contribution < -0.4 is 10.6 Å². The van der Waals surface area contributed by atoms with Crippen molar-refractivity contribution in [3.8, 4) is 28.3 Å². The number of rotatable bonds is 3. The number of anilines is 2. The lowest BCUT2D eigenvalue weighted by Crippen LogP contribution is -2.09. The summed E-state index contributed by atoms with van der Waals surface area (Å²) in [7, 11) is 3.97. The summed E-state index contributed by atoms with van der Waals surface area (Å²) in [6, 6.07) is 18.1. The largest absolute Gasteiger partial charge is 0.383 e. The molecular formula is C20H17BrN4. The molecule has 4 nitrogen and oxygen atoms in total. The fourth-order valence-corrected chi connectivity index (χ4v) is 3.53. The van der Waals surface area contributed by atoms with Gasteiger partial charge in [-0.1, -0.05) is 36.4 Å². The number of hydrogen-bond donors (Lipinski definition) is 1. The van der Waals surface area contributed by atoms with Crippen LogP contribution in [0.5, 0.6) is 0 Å². The molecule has 0 bridgehead atoms. The maximum absolute atomic E-state index is 9.65. The average Bonchev–Trinajstić information content (AvgIpc) is 2.61. The number of pyridine rings is 1. The molecule has 0 spiro atoms. The van der Waals surface area contributed by atoms with Crippen molar-refractivity contribution in [1.82, 2.24) is 4.98 Å². The number of nitrogens with two attached hydrogens (primary N) is 1. The van der Waals surface area contributed by atoms with Crippen LogP contribution in [0.3, 0.4) is 0 Å². The summed E-state index contributed by atoms with van der Waals surface area (Å²) in [5.41, 5.74) is 11.0. The van der Waals surface area contributed by atoms with Crippen LogP contribution in [0.25, 0.3) is 22.3 Å². The van der Waals surface area contributed by atoms with E-state index in [9.17, 15) is 5.26 Å². The van der Waals surface area contributed by atoms with Crippen molar-refractivity contribution in [3.63, 3.8) is 0 Å². The molecule has 0 aliphatic heterocycles. The standard InChI is InChI=1S/C20H17BrN4/c1-25(2)18-9-8-14(10-17(18)21)19-15(11-22)20(23)24-12-16(19)13-6-4-3-5-7-13/h3-10,12H,1-2H3,(H2,23,24). The third-order valence-corrected chi connectivity index (χ3v) is 4.66. The van der Waals surface area contributed by atoms with Crippen LogP contribution in [0.2, 0.25) is 0 Å². The van der Waals surface area contributed by atoms with Gasteiger partial charge in [-0.15, -0.1) is 0 Å². The van der Waals surface area contributed by atoms with Crippen LogP contribution in [0, 0.1) is 11.3 Å². The zero-order chi connectivity index (χ0) is 18.0. The van der Waals surface area contributed by atoms with Gasteiger partial charge in [-0.2, -0.15) is 5.26 Å². The first-order chi connectivity index (χ1) is 12.0. The molecule has 1 heterocycles. The molecule has 0 saturated heterocycles. The third-order valence-electron chi connectivity index (χ3n) is 4.02. The van der Waals surface area contributed by atoms with Gasteiger partial charge < -0.3 is 10.6 Å². The van der Waals surface area contributed by atoms with Crippen LogP contribution in [0.4, 0.5) is 11.5 Å². The monoisotopic (exact) mass is 392 g/mol. The van der Waals surface area contributed by atoms with Gasteiger partial charge in [0.15, 0.2) is 0 Å². The molecule has 5 heteroatoms. The molecule has 25 heavy (non-hydrogen) atoms. The van der Waals surface area contributed by atoms with Crippen LogP contribution in [0.15, 0.2) is 59.2 Å². The Morgan fingerprint density at radius 1 is 1.08 bits per heavy atom. The second-order valence-corrected chi connectivity index (χ2v) is 6.70. The van der Waals surface area contributed by atoms with Gasteiger partial charge in [0.1, 0.15) is 17.5 Å². The van der Waals surface area contributed by atoms with Crippen molar-refractivity contribution in [1.29, 1.82) is 5.26 Å². The SMILES string of the molecule is CN(C)c1ccc(-c2c(-c3ccccc3)cnc(N)c2C#N)cc1Br. The predicted molar refractivity (Wildman–Crippen MR) is 106 cm³/mol. The topological polar surface area (TPSA) is 65.9 Å². The van der Waals surface area contributed by atoms with Crippen molar-refractivity contribution in [2.45, 2.75) is 0 Å². The Bertz CT molecular complexity index is 959. The summed E-state index contributed by atoms with van der Waals surface area (Å²) in [6.45, 7) is 0. The molecule has 0 saturated carbocycles. The van der Waals surface area contributed by atoms with Gasteiger partial charge in [0.2, 0.25) is 0 Å². The fraction of sp³-hybridized carbons (Fsp3) is 0.100. The van der Waals surface area contributed by atoms with E-state index in [4.69, 9.17) is 5.73 Å². The molecule has 0 atom stereocenters. The molecule has 0 aliphatic carbocycles. The first-order valence-corrected chi connectivity index (χ1v) is 8.53. The van der Waals surface area contributed by atoms with Crippen LogP contribution in [-0.2, 0) is 0 Å². The quantitative estimate of drug-likeness (QED) is 0.701. The first-order valence-electron chi connectivity index (χ1n) is 7.74. The van der Waals surface area contributed by atoms with Gasteiger partial charge in [-0.05, 0) is 39.2 Å². The average molecular weight is 393 g/mol. The molecule has 0 aliphatic rings. The molecule has 3 aromatic rings. The highest BCUT2D eigenvalue weighted by atomic mass is 79.9. The van der Waals surface area contributed by atoms with Crippen molar-refractivity contribution < 1.29 is 0 Å². The van der Waals surface area contributed by atoms with E-state index in [0.717, 1.165) is 32.4 Å². The minimum absolute atomic E-state index is 0.241. The molecule has 3 rings (SSSR count). The van der Waals surface area contributed by atoms with Crippen LogP contribution >= 0.6 is 15.9 Å². The smallest absolute Gasteiger partial charge is 0.141 e. The molecule has 124 valence electrons. The maximum atomic E-state index is 9.65. The molecule has 2 aromatic carbocycles. The Hall–Kier alpha value is -2.84. The number of benzene rings is 2. The fourth-order valence-electron chi connectivity index (χ4n) is 2.80. The van der Waals surface area contributed by atoms with Gasteiger partial charge in [0, 0.05) is 35.9 Å². The molecule has 0 radical (unpaired) electrons. The first kappa shape index (κ1) is 17.0. The molecule has 0 fully saturated rings. The number of nitrogens with zero attached hydrogens (tertiary/aromatic N) is 3. The molecule has 2 N–H and O–H groups in total. The van der Waals surface area contributed by atoms with Gasteiger partial charge in [-0.3, -0.25) is 0 Å². The number of aromatic nitrogens is 1. The van der Waals surface area contributed by atoms with Crippen molar-refractivity contribution in [2.75, 3.05) is 24.7 Å². The number of nitriles is 1. The summed E-state index contributed by atoms with van der Waals surface area (Å²) in [5.74, 6) is 0.241. The minimum atomic E-state index is 0.241. The Morgan fingerprint density at radius 2 is 1.80 bits per heavy atom. The lowest BCUT2D eigenvalue weighted by atomic mass is 9.92. The zero-order valence-corrected chi connectivity index (χ0v) is 15.6. The van der Waals surface area contributed by atoms with Crippen molar-refractivity contribution in [2.24, 2.45) is 0 Å². The highest BCUT2D eigenvalue weighted by Gasteiger charge is 2.17. The second-order valence-electron chi connectivity index (χ2n) is 5.85. The number of nitrogen functional groups attached to an aromatic ring is 1. The Kier molecular flexibility index (Phi) is 4.73. The number of hydrogen-bond acceptors (Lipinski definition) is 4. The Balaban J connectivity index is 2.30. The third kappa shape index (κ3) is 3.21. The molecule has 0 unspecified atom stereocenters. The predicted octanol–water partition coefficient (Wildman–Crippen LogP) is 4.70. The summed E-state index contributed by atoms with van der Waals surface area (Å²) < 4.78 is 0.952. The van der Waals surface area contributed by atoms with Gasteiger partial charge in [-0.25, -0.2) is 4.98 Å². The van der Waals surface area contributed by atoms with Crippen molar-refractivity contribution in [3.05, 3.63) is 64.8 Å². The lowest BCUT2D eigenvalue weighted by Gasteiger charge is -2.17. The van der Waals surface area contributed by atoms with Crippen LogP contribution in [0.1, 0.15) is 5.56 Å². The van der Waals surface area contributed by atoms with E-state index < -0.39 is 0 Å². The van der Waals surface area contributed by atoms with E-state index in [0.29, 0.717) is 5.56 Å². The number of halogens is 1.